The zero-order chi connectivity index (χ0) is 36.7. The predicted octanol–water partition coefficient (Wildman–Crippen LogP) is 12.4. The maximum Gasteiger partial charge on any atom is 0.0319 e. The quantitative estimate of drug-likeness (QED) is 0.123. The number of pyridine rings is 2. The second kappa shape index (κ2) is 15.9. The summed E-state index contributed by atoms with van der Waals surface area (Å²) in [6.45, 7) is 2.19. The van der Waals surface area contributed by atoms with E-state index in [1.165, 1.54) is 66.9 Å². The molecule has 3 heterocycles. The molecule has 1 radical (unpaired) electrons. The van der Waals surface area contributed by atoms with E-state index in [1.54, 1.807) is 17.5 Å². The van der Waals surface area contributed by atoms with Gasteiger partial charge < -0.3 is 4.98 Å². The summed E-state index contributed by atoms with van der Waals surface area (Å²) >= 11 is 0.00558. The summed E-state index contributed by atoms with van der Waals surface area (Å²) in [5, 5.41) is 2.46. The molecule has 1 atom stereocenters. The third-order valence-corrected chi connectivity index (χ3v) is 16.5. The molecule has 0 amide bonds. The summed E-state index contributed by atoms with van der Waals surface area (Å²) in [4.78, 5) is 9.30. The number of thiophene rings is 1. The van der Waals surface area contributed by atoms with E-state index in [4.69, 9.17) is 7.73 Å². The molecule has 3 saturated carbocycles. The molecule has 0 aliphatic heterocycles. The van der Waals surface area contributed by atoms with Crippen molar-refractivity contribution in [1.29, 1.82) is 0 Å². The Kier molecular flexibility index (Phi) is 10.5. The van der Waals surface area contributed by atoms with Crippen molar-refractivity contribution in [2.75, 3.05) is 0 Å². The average Bonchev–Trinajstić information content (AvgIpc) is 3.57. The molecule has 3 fully saturated rings. The molecule has 2 nitrogen and oxygen atoms in total. The number of rotatable bonds is 6. The third-order valence-electron chi connectivity index (χ3n) is 10.9. The van der Waals surface area contributed by atoms with Crippen molar-refractivity contribution in [2.45, 2.75) is 62.7 Å². The van der Waals surface area contributed by atoms with Crippen molar-refractivity contribution in [3.05, 3.63) is 139 Å². The molecule has 0 spiro atoms. The number of benzene rings is 4. The van der Waals surface area contributed by atoms with Crippen molar-refractivity contribution < 1.29 is 22.8 Å². The molecule has 265 valence electrons. The fourth-order valence-electron chi connectivity index (χ4n) is 8.21. The third kappa shape index (κ3) is 7.92. The van der Waals surface area contributed by atoms with Crippen LogP contribution >= 0.6 is 11.3 Å². The van der Waals surface area contributed by atoms with Crippen LogP contribution in [0.4, 0.5) is 0 Å². The SMILES string of the molecule is Cc1cc(-c2[c-]cccc2)nc[c]1[Ge]([CH3])([CH3])[CH3].[2H]C([2H])(c1ccnc(-c2[c-]ccc3c2sc2cc(-c4ccccc4)ccc23)c1)C1CC2CCC1CC2.[Ir]. The number of nitrogens with zero attached hydrogens (tertiary/aromatic N) is 2. The minimum Gasteiger partial charge on any atom is -0.305 e. The van der Waals surface area contributed by atoms with Gasteiger partial charge in [0.15, 0.2) is 0 Å². The second-order valence-corrected chi connectivity index (χ2v) is 27.0. The van der Waals surface area contributed by atoms with Gasteiger partial charge in [-0.15, -0.1) is 23.8 Å². The van der Waals surface area contributed by atoms with Gasteiger partial charge in [-0.05, 0) is 82.4 Å². The van der Waals surface area contributed by atoms with E-state index >= 15 is 0 Å². The van der Waals surface area contributed by atoms with Crippen LogP contribution in [0.25, 0.3) is 53.8 Å². The van der Waals surface area contributed by atoms with Crippen LogP contribution in [0.3, 0.4) is 0 Å². The molecule has 52 heavy (non-hydrogen) atoms. The number of hydrogen-bond acceptors (Lipinski definition) is 3. The van der Waals surface area contributed by atoms with Crippen LogP contribution in [0.2, 0.25) is 17.3 Å². The monoisotopic (exact) mass is 939 g/mol. The van der Waals surface area contributed by atoms with E-state index in [-0.39, 0.29) is 26.0 Å². The standard InChI is InChI=1S/C32H28NS.C15H18GeN.Ir/c1-2-5-23(6-3-1)25-13-14-27-28-7-4-8-29(32(28)34-31(27)20-25)30-19-22(15-16-33-30)18-26-17-21-9-11-24(26)12-10-21;1-12-10-15(13-8-6-5-7-9-13)17-11-14(12)16(2,3)4;/h1-7,13-16,19-21,24,26H,9-12,17-18H2;5-8,10-11H,1-4H3;/q2*-1;/i18D2;;. The summed E-state index contributed by atoms with van der Waals surface area (Å²) in [6.07, 6.45) is 8.50. The summed E-state index contributed by atoms with van der Waals surface area (Å²) in [5.74, 6) is 8.53. The van der Waals surface area contributed by atoms with Crippen LogP contribution in [-0.2, 0) is 26.5 Å². The largest absolute Gasteiger partial charge is 0.305 e. The van der Waals surface area contributed by atoms with E-state index < -0.39 is 19.6 Å². The van der Waals surface area contributed by atoms with E-state index in [0.717, 1.165) is 34.5 Å². The Balaban J connectivity index is 0.000000211. The first-order valence-electron chi connectivity index (χ1n) is 19.4. The Morgan fingerprint density at radius 3 is 2.31 bits per heavy atom. The van der Waals surface area contributed by atoms with Crippen molar-refractivity contribution in [3.8, 4) is 33.6 Å². The Hall–Kier alpha value is -3.41. The first kappa shape index (κ1) is 34.4. The minimum absolute atomic E-state index is 0. The first-order chi connectivity index (χ1) is 25.6. The number of aromatic nitrogens is 2. The topological polar surface area (TPSA) is 25.8 Å². The molecule has 4 aromatic carbocycles. The number of hydrogen-bond donors (Lipinski definition) is 0. The van der Waals surface area contributed by atoms with Crippen molar-refractivity contribution in [3.63, 3.8) is 0 Å². The van der Waals surface area contributed by atoms with Crippen molar-refractivity contribution in [2.24, 2.45) is 17.8 Å². The van der Waals surface area contributed by atoms with Crippen LogP contribution in [-0.4, -0.2) is 23.2 Å². The zero-order valence-corrected chi connectivity index (χ0v) is 35.7. The van der Waals surface area contributed by atoms with Gasteiger partial charge in [0.2, 0.25) is 0 Å². The molecule has 3 aliphatic rings. The molecule has 1 unspecified atom stereocenters. The number of fused-ring (bicyclic) bond motifs is 6. The molecular formula is C47H46GeIrN2S-2. The Morgan fingerprint density at radius 2 is 1.60 bits per heavy atom. The predicted molar refractivity (Wildman–Crippen MR) is 220 cm³/mol. The first-order valence-corrected chi connectivity index (χ1v) is 26.6. The van der Waals surface area contributed by atoms with Gasteiger partial charge in [0.25, 0.3) is 0 Å². The molecular weight excluding hydrogens is 889 g/mol. The molecule has 0 N–H and O–H groups in total. The van der Waals surface area contributed by atoms with E-state index in [1.807, 2.05) is 42.5 Å². The van der Waals surface area contributed by atoms with Crippen LogP contribution in [0, 0.1) is 36.8 Å². The van der Waals surface area contributed by atoms with E-state index in [9.17, 15) is 0 Å². The maximum atomic E-state index is 9.16. The maximum absolute atomic E-state index is 9.16. The number of aryl methyl sites for hydroxylation is 1. The molecule has 7 aromatic rings. The van der Waals surface area contributed by atoms with E-state index in [0.29, 0.717) is 11.8 Å². The normalized spacial score (nSPS) is 19.0. The Morgan fingerprint density at radius 1 is 0.788 bits per heavy atom. The minimum atomic E-state index is -1.77. The molecule has 2 bridgehead atoms. The van der Waals surface area contributed by atoms with Gasteiger partial charge in [0, 0.05) is 33.7 Å². The summed E-state index contributed by atoms with van der Waals surface area (Å²) in [7, 11) is 0. The van der Waals surface area contributed by atoms with E-state index in [2.05, 4.69) is 108 Å². The average molecular weight is 938 g/mol. The van der Waals surface area contributed by atoms with Gasteiger partial charge in [-0.1, -0.05) is 72.3 Å². The van der Waals surface area contributed by atoms with Crippen molar-refractivity contribution >= 4 is 49.2 Å². The van der Waals surface area contributed by atoms with Gasteiger partial charge in [-0.25, -0.2) is 0 Å². The van der Waals surface area contributed by atoms with Crippen LogP contribution in [0.15, 0.2) is 116 Å². The molecule has 0 saturated heterocycles. The second-order valence-electron chi connectivity index (χ2n) is 15.4. The summed E-state index contributed by atoms with van der Waals surface area (Å²) in [5.41, 5.74) is 8.47. The summed E-state index contributed by atoms with van der Waals surface area (Å²) in [6, 6.07) is 42.1. The van der Waals surface area contributed by atoms with Crippen LogP contribution in [0.1, 0.15) is 46.0 Å². The zero-order valence-electron chi connectivity index (χ0n) is 32.4. The van der Waals surface area contributed by atoms with Crippen LogP contribution < -0.4 is 4.40 Å². The van der Waals surface area contributed by atoms with Gasteiger partial charge in [0.1, 0.15) is 0 Å². The molecule has 5 heteroatoms. The van der Waals surface area contributed by atoms with Gasteiger partial charge in [-0.3, -0.25) is 0 Å². The van der Waals surface area contributed by atoms with Gasteiger partial charge in [0.05, 0.1) is 0 Å². The summed E-state index contributed by atoms with van der Waals surface area (Å²) < 4.78 is 22.2. The smallest absolute Gasteiger partial charge is 0.0319 e. The van der Waals surface area contributed by atoms with Gasteiger partial charge >= 0.3 is 106 Å². The van der Waals surface area contributed by atoms with Crippen LogP contribution in [0.5, 0.6) is 0 Å². The fraction of sp³-hybridized carbons (Fsp3) is 0.277. The van der Waals surface area contributed by atoms with Crippen molar-refractivity contribution in [1.82, 2.24) is 9.97 Å². The Bertz CT molecular complexity index is 2380. The molecule has 3 aliphatic carbocycles. The van der Waals surface area contributed by atoms with Gasteiger partial charge in [-0.2, -0.15) is 11.3 Å². The molecule has 10 rings (SSSR count). The Labute approximate surface area is 332 Å². The molecule has 3 aromatic heterocycles. The fourth-order valence-corrected chi connectivity index (χ4v) is 13.0.